The van der Waals surface area contributed by atoms with Crippen LogP contribution < -0.4 is 0 Å². The third kappa shape index (κ3) is 3.55. The van der Waals surface area contributed by atoms with Gasteiger partial charge in [-0.2, -0.15) is 5.10 Å². The second-order valence-electron chi connectivity index (χ2n) is 4.46. The van der Waals surface area contributed by atoms with Crippen LogP contribution in [0.1, 0.15) is 31.2 Å². The Morgan fingerprint density at radius 1 is 1.22 bits per heavy atom. The number of hydrogen-bond acceptors (Lipinski definition) is 4. The van der Waals surface area contributed by atoms with Crippen LogP contribution in [0.4, 0.5) is 5.69 Å². The molecule has 1 aromatic rings. The topological polar surface area (TPSA) is 58.7 Å². The second-order valence-corrected chi connectivity index (χ2v) is 4.46. The van der Waals surface area contributed by atoms with E-state index in [-0.39, 0.29) is 10.6 Å². The number of nitrogens with zero attached hydrogens (tertiary/aromatic N) is 3. The highest BCUT2D eigenvalue weighted by atomic mass is 16.6. The zero-order valence-corrected chi connectivity index (χ0v) is 10.3. The summed E-state index contributed by atoms with van der Waals surface area (Å²) in [5, 5.41) is 17.1. The molecule has 0 aliphatic carbocycles. The fraction of sp³-hybridized carbons (Fsp3) is 0.462. The molecule has 1 heterocycles. The summed E-state index contributed by atoms with van der Waals surface area (Å²) in [4.78, 5) is 10.3. The molecular weight excluding hydrogens is 230 g/mol. The molecule has 5 heteroatoms. The molecule has 0 amide bonds. The van der Waals surface area contributed by atoms with Crippen molar-refractivity contribution in [1.82, 2.24) is 5.01 Å². The van der Waals surface area contributed by atoms with Crippen LogP contribution in [0.3, 0.4) is 0 Å². The maximum atomic E-state index is 10.7. The molecule has 1 aliphatic rings. The van der Waals surface area contributed by atoms with E-state index in [1.54, 1.807) is 18.3 Å². The number of nitro benzene ring substituents is 1. The van der Waals surface area contributed by atoms with Gasteiger partial charge in [-0.1, -0.05) is 25.0 Å². The highest BCUT2D eigenvalue weighted by Gasteiger charge is 2.06. The molecule has 96 valence electrons. The first-order chi connectivity index (χ1) is 8.75. The zero-order chi connectivity index (χ0) is 12.8. The average Bonchev–Trinajstić information content (AvgIpc) is 2.65. The monoisotopic (exact) mass is 247 g/mol. The standard InChI is InChI=1S/C13H17N3O2/c17-16(18)13-7-5-6-12(10-13)11-14-15-8-3-1-2-4-9-15/h5-7,10-11H,1-4,8-9H2/b14-11+. The predicted octanol–water partition coefficient (Wildman–Crippen LogP) is 2.80. The Morgan fingerprint density at radius 3 is 2.61 bits per heavy atom. The molecule has 1 fully saturated rings. The molecule has 0 saturated carbocycles. The van der Waals surface area contributed by atoms with E-state index < -0.39 is 0 Å². The van der Waals surface area contributed by atoms with Crippen molar-refractivity contribution >= 4 is 11.9 Å². The van der Waals surface area contributed by atoms with Gasteiger partial charge in [0.25, 0.3) is 5.69 Å². The molecule has 0 spiro atoms. The van der Waals surface area contributed by atoms with E-state index in [2.05, 4.69) is 5.10 Å². The molecule has 0 aromatic heterocycles. The SMILES string of the molecule is O=[N+]([O-])c1cccc(/C=N/N2CCCCCC2)c1. The minimum absolute atomic E-state index is 0.106. The summed E-state index contributed by atoms with van der Waals surface area (Å²) >= 11 is 0. The maximum Gasteiger partial charge on any atom is 0.270 e. The van der Waals surface area contributed by atoms with Crippen molar-refractivity contribution < 1.29 is 4.92 Å². The van der Waals surface area contributed by atoms with Gasteiger partial charge in [0.2, 0.25) is 0 Å². The quantitative estimate of drug-likeness (QED) is 0.469. The first kappa shape index (κ1) is 12.5. The van der Waals surface area contributed by atoms with Crippen LogP contribution >= 0.6 is 0 Å². The van der Waals surface area contributed by atoms with Crippen molar-refractivity contribution in [3.8, 4) is 0 Å². The summed E-state index contributed by atoms with van der Waals surface area (Å²) in [6.45, 7) is 1.96. The Kier molecular flexibility index (Phi) is 4.28. The third-order valence-electron chi connectivity index (χ3n) is 3.03. The first-order valence-corrected chi connectivity index (χ1v) is 6.29. The Morgan fingerprint density at radius 2 is 1.94 bits per heavy atom. The second kappa shape index (κ2) is 6.14. The van der Waals surface area contributed by atoms with Crippen LogP contribution in [-0.2, 0) is 0 Å². The Balaban J connectivity index is 2.03. The van der Waals surface area contributed by atoms with Gasteiger partial charge in [0, 0.05) is 30.8 Å². The van der Waals surface area contributed by atoms with Gasteiger partial charge in [-0.25, -0.2) is 0 Å². The van der Waals surface area contributed by atoms with E-state index in [0.29, 0.717) is 0 Å². The fourth-order valence-electron chi connectivity index (χ4n) is 2.04. The van der Waals surface area contributed by atoms with Crippen LogP contribution in [0, 0.1) is 10.1 Å². The molecule has 1 aliphatic heterocycles. The lowest BCUT2D eigenvalue weighted by Crippen LogP contribution is -2.18. The van der Waals surface area contributed by atoms with Crippen LogP contribution in [-0.4, -0.2) is 29.2 Å². The summed E-state index contributed by atoms with van der Waals surface area (Å²) in [7, 11) is 0. The summed E-state index contributed by atoms with van der Waals surface area (Å²) in [6.07, 6.45) is 6.59. The van der Waals surface area contributed by atoms with Crippen molar-refractivity contribution in [1.29, 1.82) is 0 Å². The van der Waals surface area contributed by atoms with Crippen LogP contribution in [0.2, 0.25) is 0 Å². The van der Waals surface area contributed by atoms with Gasteiger partial charge in [0.15, 0.2) is 0 Å². The van der Waals surface area contributed by atoms with Crippen molar-refractivity contribution in [3.05, 3.63) is 39.9 Å². The van der Waals surface area contributed by atoms with Gasteiger partial charge < -0.3 is 0 Å². The van der Waals surface area contributed by atoms with E-state index in [4.69, 9.17) is 0 Å². The molecule has 1 aromatic carbocycles. The van der Waals surface area contributed by atoms with Crippen molar-refractivity contribution in [2.24, 2.45) is 5.10 Å². The van der Waals surface area contributed by atoms with Gasteiger partial charge in [-0.3, -0.25) is 15.1 Å². The summed E-state index contributed by atoms with van der Waals surface area (Å²) in [6, 6.07) is 6.54. The Labute approximate surface area is 106 Å². The lowest BCUT2D eigenvalue weighted by atomic mass is 10.2. The molecule has 5 nitrogen and oxygen atoms in total. The average molecular weight is 247 g/mol. The lowest BCUT2D eigenvalue weighted by Gasteiger charge is -2.15. The van der Waals surface area contributed by atoms with Gasteiger partial charge in [-0.15, -0.1) is 0 Å². The highest BCUT2D eigenvalue weighted by molar-refractivity contribution is 5.80. The number of hydrogen-bond donors (Lipinski definition) is 0. The molecular formula is C13H17N3O2. The normalized spacial score (nSPS) is 16.8. The van der Waals surface area contributed by atoms with E-state index in [0.717, 1.165) is 18.7 Å². The molecule has 0 unspecified atom stereocenters. The summed E-state index contributed by atoms with van der Waals surface area (Å²) in [5.74, 6) is 0. The van der Waals surface area contributed by atoms with Crippen LogP contribution in [0.15, 0.2) is 29.4 Å². The number of hydrazone groups is 1. The summed E-state index contributed by atoms with van der Waals surface area (Å²) < 4.78 is 0. The minimum Gasteiger partial charge on any atom is -0.297 e. The van der Waals surface area contributed by atoms with Crippen molar-refractivity contribution in [3.63, 3.8) is 0 Å². The Bertz CT molecular complexity index is 438. The van der Waals surface area contributed by atoms with Crippen molar-refractivity contribution in [2.75, 3.05) is 13.1 Å². The molecule has 0 atom stereocenters. The number of nitro groups is 1. The fourth-order valence-corrected chi connectivity index (χ4v) is 2.04. The predicted molar refractivity (Wildman–Crippen MR) is 70.7 cm³/mol. The molecule has 18 heavy (non-hydrogen) atoms. The third-order valence-corrected chi connectivity index (χ3v) is 3.03. The molecule has 0 radical (unpaired) electrons. The van der Waals surface area contributed by atoms with Crippen LogP contribution in [0.5, 0.6) is 0 Å². The van der Waals surface area contributed by atoms with Gasteiger partial charge >= 0.3 is 0 Å². The van der Waals surface area contributed by atoms with Crippen LogP contribution in [0.25, 0.3) is 0 Å². The van der Waals surface area contributed by atoms with Gasteiger partial charge in [-0.05, 0) is 12.8 Å². The van der Waals surface area contributed by atoms with Crippen molar-refractivity contribution in [2.45, 2.75) is 25.7 Å². The van der Waals surface area contributed by atoms with E-state index in [1.807, 2.05) is 11.1 Å². The molecule has 0 N–H and O–H groups in total. The number of non-ortho nitro benzene ring substituents is 1. The zero-order valence-electron chi connectivity index (χ0n) is 10.3. The van der Waals surface area contributed by atoms with E-state index >= 15 is 0 Å². The molecule has 2 rings (SSSR count). The van der Waals surface area contributed by atoms with E-state index in [1.165, 1.54) is 31.7 Å². The van der Waals surface area contributed by atoms with Gasteiger partial charge in [0.1, 0.15) is 0 Å². The summed E-state index contributed by atoms with van der Waals surface area (Å²) in [5.41, 5.74) is 0.878. The number of benzene rings is 1. The van der Waals surface area contributed by atoms with Gasteiger partial charge in [0.05, 0.1) is 11.1 Å². The smallest absolute Gasteiger partial charge is 0.270 e. The minimum atomic E-state index is -0.386. The molecule has 0 bridgehead atoms. The lowest BCUT2D eigenvalue weighted by molar-refractivity contribution is -0.384. The highest BCUT2D eigenvalue weighted by Crippen LogP contribution is 2.13. The Hall–Kier alpha value is -1.91. The largest absolute Gasteiger partial charge is 0.297 e. The molecule has 1 saturated heterocycles. The maximum absolute atomic E-state index is 10.7. The van der Waals surface area contributed by atoms with E-state index in [9.17, 15) is 10.1 Å². The first-order valence-electron chi connectivity index (χ1n) is 6.29. The number of rotatable bonds is 3.